The highest BCUT2D eigenvalue weighted by Crippen LogP contribution is 2.32. The maximum Gasteiger partial charge on any atom is 0.228 e. The van der Waals surface area contributed by atoms with Crippen LogP contribution in [0, 0.1) is 5.82 Å². The molecule has 0 spiro atoms. The van der Waals surface area contributed by atoms with Crippen LogP contribution in [0.5, 0.6) is 0 Å². The van der Waals surface area contributed by atoms with Gasteiger partial charge in [0, 0.05) is 62.3 Å². The van der Waals surface area contributed by atoms with Crippen molar-refractivity contribution in [1.29, 1.82) is 0 Å². The predicted molar refractivity (Wildman–Crippen MR) is 135 cm³/mol. The summed E-state index contributed by atoms with van der Waals surface area (Å²) in [5.41, 5.74) is 1.49. The Morgan fingerprint density at radius 3 is 2.47 bits per heavy atom. The SMILES string of the molecule is C[C@@H]1CN(c2nccnc2Cl)CCN1c1cc(-c2ccc(F)c(Cl)c2)nc(N2CCC[C@H]2C)n1. The number of benzene rings is 1. The second kappa shape index (κ2) is 9.50. The molecule has 2 saturated heterocycles. The van der Waals surface area contributed by atoms with Gasteiger partial charge in [0.1, 0.15) is 11.6 Å². The largest absolute Gasteiger partial charge is 0.350 e. The summed E-state index contributed by atoms with van der Waals surface area (Å²) in [4.78, 5) is 25.1. The van der Waals surface area contributed by atoms with Crippen LogP contribution in [0.1, 0.15) is 26.7 Å². The van der Waals surface area contributed by atoms with Crippen LogP contribution >= 0.6 is 23.2 Å². The van der Waals surface area contributed by atoms with Gasteiger partial charge in [0.15, 0.2) is 11.0 Å². The smallest absolute Gasteiger partial charge is 0.228 e. The van der Waals surface area contributed by atoms with Crippen LogP contribution in [0.4, 0.5) is 22.0 Å². The van der Waals surface area contributed by atoms with Crippen LogP contribution in [0.25, 0.3) is 11.3 Å². The minimum Gasteiger partial charge on any atom is -0.350 e. The number of anilines is 3. The molecule has 2 aliphatic heterocycles. The van der Waals surface area contributed by atoms with Gasteiger partial charge in [-0.1, -0.05) is 23.2 Å². The number of halogens is 3. The van der Waals surface area contributed by atoms with Crippen molar-refractivity contribution in [3.05, 3.63) is 52.7 Å². The Labute approximate surface area is 208 Å². The third-order valence-corrected chi connectivity index (χ3v) is 7.14. The molecular weight excluding hydrogens is 476 g/mol. The van der Waals surface area contributed by atoms with E-state index in [1.807, 2.05) is 6.07 Å². The lowest BCUT2D eigenvalue weighted by Crippen LogP contribution is -2.53. The van der Waals surface area contributed by atoms with Crippen LogP contribution in [0.2, 0.25) is 10.2 Å². The molecule has 0 unspecified atom stereocenters. The molecule has 2 aliphatic rings. The zero-order chi connectivity index (χ0) is 23.8. The van der Waals surface area contributed by atoms with E-state index in [0.29, 0.717) is 23.0 Å². The Bertz CT molecular complexity index is 1190. The van der Waals surface area contributed by atoms with Crippen LogP contribution in [-0.4, -0.2) is 58.2 Å². The molecule has 10 heteroatoms. The van der Waals surface area contributed by atoms with E-state index in [-0.39, 0.29) is 11.1 Å². The van der Waals surface area contributed by atoms with Crippen molar-refractivity contribution in [2.75, 3.05) is 40.9 Å². The van der Waals surface area contributed by atoms with Gasteiger partial charge in [0.25, 0.3) is 0 Å². The fourth-order valence-electron chi connectivity index (χ4n) is 4.75. The van der Waals surface area contributed by atoms with Gasteiger partial charge in [-0.25, -0.2) is 19.3 Å². The van der Waals surface area contributed by atoms with Gasteiger partial charge in [-0.05, 0) is 44.9 Å². The number of hydrogen-bond acceptors (Lipinski definition) is 7. The summed E-state index contributed by atoms with van der Waals surface area (Å²) < 4.78 is 13.8. The van der Waals surface area contributed by atoms with Gasteiger partial charge < -0.3 is 14.7 Å². The molecule has 4 heterocycles. The summed E-state index contributed by atoms with van der Waals surface area (Å²) in [5.74, 6) is 1.80. The first-order valence-electron chi connectivity index (χ1n) is 11.5. The van der Waals surface area contributed by atoms with Crippen molar-refractivity contribution in [2.24, 2.45) is 0 Å². The lowest BCUT2D eigenvalue weighted by atomic mass is 10.1. The Hall–Kier alpha value is -2.71. The monoisotopic (exact) mass is 501 g/mol. The van der Waals surface area contributed by atoms with Gasteiger partial charge in [-0.2, -0.15) is 4.98 Å². The second-order valence-corrected chi connectivity index (χ2v) is 9.65. The van der Waals surface area contributed by atoms with E-state index in [4.69, 9.17) is 33.2 Å². The first-order chi connectivity index (χ1) is 16.4. The van der Waals surface area contributed by atoms with Crippen molar-refractivity contribution in [2.45, 2.75) is 38.8 Å². The van der Waals surface area contributed by atoms with Gasteiger partial charge in [-0.15, -0.1) is 0 Å². The summed E-state index contributed by atoms with van der Waals surface area (Å²) in [7, 11) is 0. The highest BCUT2D eigenvalue weighted by atomic mass is 35.5. The van der Waals surface area contributed by atoms with E-state index in [0.717, 1.165) is 56.1 Å². The lowest BCUT2D eigenvalue weighted by molar-refractivity contribution is 0.541. The van der Waals surface area contributed by atoms with Crippen molar-refractivity contribution in [3.8, 4) is 11.3 Å². The fourth-order valence-corrected chi connectivity index (χ4v) is 5.15. The molecule has 2 aromatic heterocycles. The molecule has 0 radical (unpaired) electrons. The Morgan fingerprint density at radius 1 is 0.941 bits per heavy atom. The molecule has 0 N–H and O–H groups in total. The standard InChI is InChI=1S/C24H26Cl2FN7/c1-15-4-3-9-34(15)24-30-20(17-5-6-19(27)18(25)12-17)13-21(31-24)33-11-10-32(14-16(33)2)23-22(26)28-7-8-29-23/h5-8,12-13,15-16H,3-4,9-11,14H2,1-2H3/t15-,16-/m1/s1. The molecule has 2 atom stereocenters. The van der Waals surface area contributed by atoms with Gasteiger partial charge >= 0.3 is 0 Å². The number of nitrogens with zero attached hydrogens (tertiary/aromatic N) is 7. The van der Waals surface area contributed by atoms with Crippen LogP contribution in [0.15, 0.2) is 36.7 Å². The fraction of sp³-hybridized carbons (Fsp3) is 0.417. The van der Waals surface area contributed by atoms with Gasteiger partial charge in [-0.3, -0.25) is 0 Å². The average molecular weight is 502 g/mol. The highest BCUT2D eigenvalue weighted by Gasteiger charge is 2.29. The van der Waals surface area contributed by atoms with E-state index >= 15 is 0 Å². The third kappa shape index (κ3) is 4.49. The summed E-state index contributed by atoms with van der Waals surface area (Å²) in [6.07, 6.45) is 5.47. The van der Waals surface area contributed by atoms with Gasteiger partial charge in [0.2, 0.25) is 5.95 Å². The average Bonchev–Trinajstić information content (AvgIpc) is 3.26. The second-order valence-electron chi connectivity index (χ2n) is 8.88. The first kappa shape index (κ1) is 23.1. The first-order valence-corrected chi connectivity index (χ1v) is 12.3. The van der Waals surface area contributed by atoms with Crippen molar-refractivity contribution in [3.63, 3.8) is 0 Å². The minimum absolute atomic E-state index is 0.0802. The molecule has 0 saturated carbocycles. The van der Waals surface area contributed by atoms with Crippen LogP contribution < -0.4 is 14.7 Å². The minimum atomic E-state index is -0.444. The van der Waals surface area contributed by atoms with E-state index in [2.05, 4.69) is 38.5 Å². The Balaban J connectivity index is 1.49. The number of hydrogen-bond donors (Lipinski definition) is 0. The molecule has 0 bridgehead atoms. The zero-order valence-electron chi connectivity index (χ0n) is 19.1. The number of rotatable bonds is 4. The molecule has 5 rings (SSSR count). The van der Waals surface area contributed by atoms with E-state index < -0.39 is 5.82 Å². The quantitative estimate of drug-likeness (QED) is 0.493. The van der Waals surface area contributed by atoms with E-state index in [9.17, 15) is 4.39 Å². The van der Waals surface area contributed by atoms with E-state index in [1.54, 1.807) is 24.5 Å². The van der Waals surface area contributed by atoms with Crippen molar-refractivity contribution >= 4 is 40.8 Å². The number of piperazine rings is 1. The van der Waals surface area contributed by atoms with E-state index in [1.165, 1.54) is 6.07 Å². The maximum absolute atomic E-state index is 13.8. The Morgan fingerprint density at radius 2 is 1.76 bits per heavy atom. The summed E-state index contributed by atoms with van der Waals surface area (Å²) >= 11 is 12.4. The predicted octanol–water partition coefficient (Wildman–Crippen LogP) is 5.08. The molecule has 1 aromatic carbocycles. The molecular formula is C24H26Cl2FN7. The van der Waals surface area contributed by atoms with Crippen molar-refractivity contribution in [1.82, 2.24) is 19.9 Å². The zero-order valence-corrected chi connectivity index (χ0v) is 20.6. The summed E-state index contributed by atoms with van der Waals surface area (Å²) in [5, 5.41) is 0.488. The maximum atomic E-state index is 13.8. The summed E-state index contributed by atoms with van der Waals surface area (Å²) in [6.45, 7) is 7.48. The molecule has 178 valence electrons. The molecule has 0 amide bonds. The lowest BCUT2D eigenvalue weighted by Gasteiger charge is -2.41. The summed E-state index contributed by atoms with van der Waals surface area (Å²) in [6, 6.07) is 7.20. The molecule has 0 aliphatic carbocycles. The topological polar surface area (TPSA) is 61.3 Å². The normalized spacial score (nSPS) is 20.8. The molecule has 2 fully saturated rings. The van der Waals surface area contributed by atoms with Crippen LogP contribution in [-0.2, 0) is 0 Å². The van der Waals surface area contributed by atoms with Crippen LogP contribution in [0.3, 0.4) is 0 Å². The molecule has 34 heavy (non-hydrogen) atoms. The molecule has 3 aromatic rings. The number of aromatic nitrogens is 4. The molecule has 7 nitrogen and oxygen atoms in total. The third-order valence-electron chi connectivity index (χ3n) is 6.58. The van der Waals surface area contributed by atoms with Gasteiger partial charge in [0.05, 0.1) is 10.7 Å². The Kier molecular flexibility index (Phi) is 6.44. The highest BCUT2D eigenvalue weighted by molar-refractivity contribution is 6.31. The van der Waals surface area contributed by atoms with Crippen molar-refractivity contribution < 1.29 is 4.39 Å².